The molecule has 0 spiro atoms. The van der Waals surface area contributed by atoms with E-state index in [9.17, 15) is 0 Å². The van der Waals surface area contributed by atoms with Gasteiger partial charge in [-0.25, -0.2) is 4.98 Å². The highest BCUT2D eigenvalue weighted by Gasteiger charge is 2.00. The van der Waals surface area contributed by atoms with Crippen LogP contribution in [0.25, 0.3) is 0 Å². The predicted molar refractivity (Wildman–Crippen MR) is 64.1 cm³/mol. The molecule has 0 aliphatic carbocycles. The number of halogens is 1. The van der Waals surface area contributed by atoms with E-state index in [0.717, 1.165) is 11.3 Å². The zero-order valence-corrected chi connectivity index (χ0v) is 10.3. The van der Waals surface area contributed by atoms with Crippen LogP contribution < -0.4 is 5.32 Å². The van der Waals surface area contributed by atoms with E-state index in [0.29, 0.717) is 11.2 Å². The molecule has 1 aromatic rings. The Kier molecular flexibility index (Phi) is 6.30. The van der Waals surface area contributed by atoms with Crippen molar-refractivity contribution in [1.82, 2.24) is 4.98 Å². The Morgan fingerprint density at radius 1 is 1.36 bits per heavy atom. The molecule has 0 saturated carbocycles. The number of nitrogens with zero attached hydrogens (tertiary/aromatic N) is 1. The summed E-state index contributed by atoms with van der Waals surface area (Å²) >= 11 is 5.75. The van der Waals surface area contributed by atoms with Crippen LogP contribution in [0.2, 0.25) is 5.15 Å². The first-order valence-corrected chi connectivity index (χ1v) is 5.36. The molecule has 0 radical (unpaired) electrons. The number of nitrogens with one attached hydrogen (secondary N) is 1. The molecule has 0 saturated heterocycles. The fourth-order valence-electron chi connectivity index (χ4n) is 0.965. The average Bonchev–Trinajstić information content (AvgIpc) is 2.14. The Morgan fingerprint density at radius 2 is 1.93 bits per heavy atom. The zero-order valence-electron chi connectivity index (χ0n) is 9.56. The molecule has 0 aliphatic heterocycles. The van der Waals surface area contributed by atoms with E-state index in [1.807, 2.05) is 26.8 Å². The second-order valence-electron chi connectivity index (χ2n) is 3.12. The molecule has 1 rings (SSSR count). The number of rotatable bonds is 2. The van der Waals surface area contributed by atoms with Crippen LogP contribution >= 0.6 is 11.6 Å². The van der Waals surface area contributed by atoms with Crippen molar-refractivity contribution in [3.63, 3.8) is 0 Å². The van der Waals surface area contributed by atoms with Gasteiger partial charge in [0.15, 0.2) is 0 Å². The number of hydrogen-bond acceptors (Lipinski definition) is 2. The topological polar surface area (TPSA) is 24.9 Å². The number of aromatic nitrogens is 1. The third-order valence-corrected chi connectivity index (χ3v) is 1.72. The lowest BCUT2D eigenvalue weighted by molar-refractivity contribution is 0.896. The van der Waals surface area contributed by atoms with Crippen molar-refractivity contribution >= 4 is 17.3 Å². The minimum absolute atomic E-state index is 0.419. The predicted octanol–water partition coefficient (Wildman–Crippen LogP) is 3.89. The molecule has 1 N–H and O–H groups in total. The molecule has 0 fully saturated rings. The summed E-state index contributed by atoms with van der Waals surface area (Å²) in [6, 6.07) is 2.26. The SMILES string of the molecule is CC.Cc1cnc(Cl)cc1NC(C)C. The first-order valence-electron chi connectivity index (χ1n) is 4.98. The second kappa shape index (κ2) is 6.66. The quantitative estimate of drug-likeness (QED) is 0.756. The fourth-order valence-corrected chi connectivity index (χ4v) is 1.12. The van der Waals surface area contributed by atoms with E-state index < -0.39 is 0 Å². The Hall–Kier alpha value is -0.760. The van der Waals surface area contributed by atoms with Gasteiger partial charge in [0.05, 0.1) is 0 Å². The van der Waals surface area contributed by atoms with E-state index in [4.69, 9.17) is 11.6 Å². The molecule has 0 bridgehead atoms. The van der Waals surface area contributed by atoms with Gasteiger partial charge in [-0.15, -0.1) is 0 Å². The van der Waals surface area contributed by atoms with E-state index in [-0.39, 0.29) is 0 Å². The highest BCUT2D eigenvalue weighted by molar-refractivity contribution is 6.29. The summed E-state index contributed by atoms with van der Waals surface area (Å²) in [6.07, 6.45) is 1.77. The van der Waals surface area contributed by atoms with E-state index >= 15 is 0 Å². The van der Waals surface area contributed by atoms with Crippen molar-refractivity contribution in [3.8, 4) is 0 Å². The molecule has 0 amide bonds. The molecular formula is C11H19ClN2. The van der Waals surface area contributed by atoms with Gasteiger partial charge in [0.1, 0.15) is 5.15 Å². The molecule has 0 aromatic carbocycles. The minimum Gasteiger partial charge on any atom is -0.383 e. The lowest BCUT2D eigenvalue weighted by Gasteiger charge is -2.12. The number of aryl methyl sites for hydroxylation is 1. The van der Waals surface area contributed by atoms with Gasteiger partial charge in [0.2, 0.25) is 0 Å². The molecule has 0 atom stereocenters. The third-order valence-electron chi connectivity index (χ3n) is 1.51. The van der Waals surface area contributed by atoms with Gasteiger partial charge in [-0.1, -0.05) is 25.4 Å². The summed E-state index contributed by atoms with van der Waals surface area (Å²) < 4.78 is 0. The Bertz CT molecular complexity index is 272. The minimum atomic E-state index is 0.419. The summed E-state index contributed by atoms with van der Waals surface area (Å²) in [5.74, 6) is 0. The van der Waals surface area contributed by atoms with E-state index in [1.54, 1.807) is 6.20 Å². The van der Waals surface area contributed by atoms with Crippen molar-refractivity contribution in [3.05, 3.63) is 23.0 Å². The number of anilines is 1. The lowest BCUT2D eigenvalue weighted by Crippen LogP contribution is -2.10. The monoisotopic (exact) mass is 214 g/mol. The summed E-state index contributed by atoms with van der Waals surface area (Å²) in [4.78, 5) is 3.97. The van der Waals surface area contributed by atoms with Crippen LogP contribution in [0.1, 0.15) is 33.3 Å². The average molecular weight is 215 g/mol. The molecule has 2 nitrogen and oxygen atoms in total. The van der Waals surface area contributed by atoms with Crippen LogP contribution in [0.3, 0.4) is 0 Å². The molecule has 0 aliphatic rings. The summed E-state index contributed by atoms with van der Waals surface area (Å²) in [6.45, 7) is 10.2. The molecule has 14 heavy (non-hydrogen) atoms. The first-order chi connectivity index (χ1) is 6.59. The van der Waals surface area contributed by atoms with Crippen LogP contribution in [-0.4, -0.2) is 11.0 Å². The third kappa shape index (κ3) is 4.47. The molecule has 1 aromatic heterocycles. The van der Waals surface area contributed by atoms with E-state index in [1.165, 1.54) is 0 Å². The Balaban J connectivity index is 0.000000791. The van der Waals surface area contributed by atoms with Gasteiger partial charge in [-0.3, -0.25) is 0 Å². The summed E-state index contributed by atoms with van der Waals surface area (Å²) in [5.41, 5.74) is 2.18. The van der Waals surface area contributed by atoms with Crippen molar-refractivity contribution < 1.29 is 0 Å². The zero-order chi connectivity index (χ0) is 11.1. The van der Waals surface area contributed by atoms with Crippen molar-refractivity contribution in [2.75, 3.05) is 5.32 Å². The summed E-state index contributed by atoms with van der Waals surface area (Å²) in [5, 5.41) is 3.82. The molecule has 80 valence electrons. The maximum Gasteiger partial charge on any atom is 0.131 e. The van der Waals surface area contributed by atoms with Crippen LogP contribution in [0, 0.1) is 6.92 Å². The normalized spacial score (nSPS) is 9.36. The van der Waals surface area contributed by atoms with Crippen molar-refractivity contribution in [2.45, 2.75) is 40.7 Å². The van der Waals surface area contributed by atoms with Gasteiger partial charge in [0.25, 0.3) is 0 Å². The van der Waals surface area contributed by atoms with E-state index in [2.05, 4.69) is 24.1 Å². The van der Waals surface area contributed by atoms with Crippen LogP contribution in [0.4, 0.5) is 5.69 Å². The number of pyridine rings is 1. The number of hydrogen-bond donors (Lipinski definition) is 1. The fraction of sp³-hybridized carbons (Fsp3) is 0.545. The van der Waals surface area contributed by atoms with Crippen molar-refractivity contribution in [2.24, 2.45) is 0 Å². The smallest absolute Gasteiger partial charge is 0.131 e. The van der Waals surface area contributed by atoms with Gasteiger partial charge in [0, 0.05) is 17.9 Å². The van der Waals surface area contributed by atoms with Crippen LogP contribution in [0.5, 0.6) is 0 Å². The van der Waals surface area contributed by atoms with Gasteiger partial charge < -0.3 is 5.32 Å². The summed E-state index contributed by atoms with van der Waals surface area (Å²) in [7, 11) is 0. The largest absolute Gasteiger partial charge is 0.383 e. The van der Waals surface area contributed by atoms with Crippen molar-refractivity contribution in [1.29, 1.82) is 0 Å². The molecule has 0 unspecified atom stereocenters. The van der Waals surface area contributed by atoms with Crippen LogP contribution in [-0.2, 0) is 0 Å². The first kappa shape index (κ1) is 13.2. The van der Waals surface area contributed by atoms with Crippen LogP contribution in [0.15, 0.2) is 12.3 Å². The maximum absolute atomic E-state index is 5.75. The highest BCUT2D eigenvalue weighted by Crippen LogP contribution is 2.18. The second-order valence-corrected chi connectivity index (χ2v) is 3.51. The lowest BCUT2D eigenvalue weighted by atomic mass is 10.2. The van der Waals surface area contributed by atoms with Gasteiger partial charge in [-0.2, -0.15) is 0 Å². The molecular weight excluding hydrogens is 196 g/mol. The highest BCUT2D eigenvalue weighted by atomic mass is 35.5. The van der Waals surface area contributed by atoms with Gasteiger partial charge >= 0.3 is 0 Å². The molecule has 1 heterocycles. The maximum atomic E-state index is 5.75. The Labute approximate surface area is 91.7 Å². The van der Waals surface area contributed by atoms with Gasteiger partial charge in [-0.05, 0) is 32.4 Å². The molecule has 3 heteroatoms. The Morgan fingerprint density at radius 3 is 2.43 bits per heavy atom. The standard InChI is InChI=1S/C9H13ClN2.C2H6/c1-6(2)12-8-4-9(10)11-5-7(8)3;1-2/h4-6H,1-3H3,(H,11,12);1-2H3.